The molecule has 28 heavy (non-hydrogen) atoms. The summed E-state index contributed by atoms with van der Waals surface area (Å²) in [5.74, 6) is -0.737. The second-order valence-corrected chi connectivity index (χ2v) is 6.60. The molecule has 1 saturated heterocycles. The highest BCUT2D eigenvalue weighted by Gasteiger charge is 2.36. The highest BCUT2D eigenvalue weighted by atomic mass is 19.4. The minimum atomic E-state index is -4.61. The second-order valence-electron chi connectivity index (χ2n) is 6.60. The maximum atomic E-state index is 13.0. The fourth-order valence-electron chi connectivity index (χ4n) is 3.19. The lowest BCUT2D eigenvalue weighted by atomic mass is 10.0. The summed E-state index contributed by atoms with van der Waals surface area (Å²) in [6.45, 7) is 0.0482. The van der Waals surface area contributed by atoms with Crippen LogP contribution in [0.15, 0.2) is 47.1 Å². The third-order valence-electron chi connectivity index (χ3n) is 4.61. The average Bonchev–Trinajstić information content (AvgIpc) is 3.29. The van der Waals surface area contributed by atoms with E-state index >= 15 is 0 Å². The molecule has 2 aromatic rings. The van der Waals surface area contributed by atoms with E-state index in [1.165, 1.54) is 29.4 Å². The SMILES string of the molecule is O=C(NCC(O)c1ccccc1C(F)(F)F)C1CC(=O)N(Cc2ccco2)C1. The number of amides is 2. The zero-order valence-corrected chi connectivity index (χ0v) is 14.8. The largest absolute Gasteiger partial charge is 0.467 e. The number of benzene rings is 1. The number of halogens is 3. The van der Waals surface area contributed by atoms with Gasteiger partial charge in [-0.05, 0) is 23.8 Å². The summed E-state index contributed by atoms with van der Waals surface area (Å²) < 4.78 is 44.3. The van der Waals surface area contributed by atoms with Crippen LogP contribution in [0.4, 0.5) is 13.2 Å². The van der Waals surface area contributed by atoms with E-state index in [9.17, 15) is 27.9 Å². The van der Waals surface area contributed by atoms with E-state index in [0.29, 0.717) is 5.76 Å². The molecule has 2 unspecified atom stereocenters. The van der Waals surface area contributed by atoms with Crippen LogP contribution in [0.25, 0.3) is 0 Å². The van der Waals surface area contributed by atoms with E-state index in [4.69, 9.17) is 4.42 Å². The van der Waals surface area contributed by atoms with Crippen molar-refractivity contribution in [2.24, 2.45) is 5.92 Å². The quantitative estimate of drug-likeness (QED) is 0.786. The van der Waals surface area contributed by atoms with E-state index in [0.717, 1.165) is 6.07 Å². The van der Waals surface area contributed by atoms with E-state index < -0.39 is 29.7 Å². The summed E-state index contributed by atoms with van der Waals surface area (Å²) in [5.41, 5.74) is -1.25. The van der Waals surface area contributed by atoms with Gasteiger partial charge in [0.05, 0.1) is 30.4 Å². The molecule has 0 saturated carbocycles. The van der Waals surface area contributed by atoms with Gasteiger partial charge in [0.2, 0.25) is 11.8 Å². The first-order valence-electron chi connectivity index (χ1n) is 8.67. The third kappa shape index (κ3) is 4.53. The van der Waals surface area contributed by atoms with Crippen LogP contribution in [0.1, 0.15) is 29.4 Å². The summed E-state index contributed by atoms with van der Waals surface area (Å²) >= 11 is 0. The monoisotopic (exact) mass is 396 g/mol. The number of aliphatic hydroxyl groups excluding tert-OH is 1. The van der Waals surface area contributed by atoms with Crippen molar-refractivity contribution in [2.45, 2.75) is 25.2 Å². The standard InChI is InChI=1S/C19H19F3N2O4/c20-19(21,22)15-6-2-1-5-14(15)16(25)9-23-18(27)12-8-17(26)24(10-12)11-13-4-3-7-28-13/h1-7,12,16,25H,8-11H2,(H,23,27). The molecule has 2 N–H and O–H groups in total. The molecule has 1 aromatic carbocycles. The first-order valence-corrected chi connectivity index (χ1v) is 8.67. The van der Waals surface area contributed by atoms with Gasteiger partial charge in [0.15, 0.2) is 0 Å². The van der Waals surface area contributed by atoms with Gasteiger partial charge in [-0.3, -0.25) is 9.59 Å². The molecule has 0 radical (unpaired) electrons. The molecule has 1 aromatic heterocycles. The number of aliphatic hydroxyl groups is 1. The van der Waals surface area contributed by atoms with Crippen molar-refractivity contribution in [1.29, 1.82) is 0 Å². The predicted molar refractivity (Wildman–Crippen MR) is 91.6 cm³/mol. The summed E-state index contributed by atoms with van der Waals surface area (Å²) in [4.78, 5) is 25.9. The molecule has 2 atom stereocenters. The molecule has 1 fully saturated rings. The van der Waals surface area contributed by atoms with E-state index in [1.54, 1.807) is 12.1 Å². The summed E-state index contributed by atoms with van der Waals surface area (Å²) in [7, 11) is 0. The van der Waals surface area contributed by atoms with Gasteiger partial charge in [-0.2, -0.15) is 13.2 Å². The van der Waals surface area contributed by atoms with Crippen LogP contribution in [0, 0.1) is 5.92 Å². The maximum absolute atomic E-state index is 13.0. The Morgan fingerprint density at radius 3 is 2.71 bits per heavy atom. The number of carbonyl (C=O) groups excluding carboxylic acids is 2. The van der Waals surface area contributed by atoms with Crippen LogP contribution in [0.2, 0.25) is 0 Å². The second kappa shape index (κ2) is 8.05. The fourth-order valence-corrected chi connectivity index (χ4v) is 3.19. The van der Waals surface area contributed by atoms with Crippen molar-refractivity contribution in [2.75, 3.05) is 13.1 Å². The van der Waals surface area contributed by atoms with Gasteiger partial charge in [-0.25, -0.2) is 0 Å². The minimum absolute atomic E-state index is 0.00176. The van der Waals surface area contributed by atoms with Gasteiger partial charge in [0, 0.05) is 19.5 Å². The molecule has 0 bridgehead atoms. The van der Waals surface area contributed by atoms with Crippen LogP contribution >= 0.6 is 0 Å². The Kier molecular flexibility index (Phi) is 5.73. The molecular weight excluding hydrogens is 377 g/mol. The van der Waals surface area contributed by atoms with Crippen molar-refractivity contribution in [3.05, 3.63) is 59.5 Å². The van der Waals surface area contributed by atoms with Gasteiger partial charge in [-0.15, -0.1) is 0 Å². The van der Waals surface area contributed by atoms with Gasteiger partial charge >= 0.3 is 6.18 Å². The summed E-state index contributed by atoms with van der Waals surface area (Å²) in [6, 6.07) is 8.08. The Bertz CT molecular complexity index is 836. The third-order valence-corrected chi connectivity index (χ3v) is 4.61. The smallest absolute Gasteiger partial charge is 0.416 e. The number of nitrogens with one attached hydrogen (secondary N) is 1. The molecule has 0 aliphatic carbocycles. The molecule has 9 heteroatoms. The van der Waals surface area contributed by atoms with Crippen molar-refractivity contribution < 1.29 is 32.3 Å². The van der Waals surface area contributed by atoms with Crippen LogP contribution in [0.3, 0.4) is 0 Å². The first kappa shape index (κ1) is 19.9. The molecule has 3 rings (SSSR count). The van der Waals surface area contributed by atoms with Crippen LogP contribution in [-0.2, 0) is 22.3 Å². The molecule has 1 aliphatic heterocycles. The first-order chi connectivity index (χ1) is 13.3. The van der Waals surface area contributed by atoms with Crippen LogP contribution in [0.5, 0.6) is 0 Å². The van der Waals surface area contributed by atoms with Crippen molar-refractivity contribution in [3.63, 3.8) is 0 Å². The molecule has 1 aliphatic rings. The van der Waals surface area contributed by atoms with E-state index in [2.05, 4.69) is 5.32 Å². The Labute approximate surface area is 158 Å². The number of likely N-dealkylation sites (tertiary alicyclic amines) is 1. The number of furan rings is 1. The van der Waals surface area contributed by atoms with Crippen molar-refractivity contribution in [3.8, 4) is 0 Å². The van der Waals surface area contributed by atoms with E-state index in [1.807, 2.05) is 0 Å². The molecular formula is C19H19F3N2O4. The number of hydrogen-bond acceptors (Lipinski definition) is 4. The Hall–Kier alpha value is -2.81. The average molecular weight is 396 g/mol. The maximum Gasteiger partial charge on any atom is 0.416 e. The highest BCUT2D eigenvalue weighted by molar-refractivity contribution is 5.89. The minimum Gasteiger partial charge on any atom is -0.467 e. The lowest BCUT2D eigenvalue weighted by Crippen LogP contribution is -2.35. The molecule has 150 valence electrons. The zero-order chi connectivity index (χ0) is 20.3. The molecule has 2 heterocycles. The van der Waals surface area contributed by atoms with Gasteiger partial charge in [0.25, 0.3) is 0 Å². The zero-order valence-electron chi connectivity index (χ0n) is 14.8. The number of alkyl halides is 3. The normalized spacial score (nSPS) is 18.4. The highest BCUT2D eigenvalue weighted by Crippen LogP contribution is 2.34. The van der Waals surface area contributed by atoms with Gasteiger partial charge in [0.1, 0.15) is 5.76 Å². The number of nitrogens with zero attached hydrogens (tertiary/aromatic N) is 1. The van der Waals surface area contributed by atoms with Crippen molar-refractivity contribution >= 4 is 11.8 Å². The Morgan fingerprint density at radius 2 is 2.04 bits per heavy atom. The van der Waals surface area contributed by atoms with Crippen LogP contribution in [-0.4, -0.2) is 34.9 Å². The number of rotatable bonds is 6. The fraction of sp³-hybridized carbons (Fsp3) is 0.368. The Balaban J connectivity index is 1.57. The molecule has 2 amide bonds. The predicted octanol–water partition coefficient (Wildman–Crippen LogP) is 2.50. The Morgan fingerprint density at radius 1 is 1.29 bits per heavy atom. The van der Waals surface area contributed by atoms with Gasteiger partial charge < -0.3 is 19.7 Å². The summed E-state index contributed by atoms with van der Waals surface area (Å²) in [6.07, 6.45) is -4.63. The molecule has 6 nitrogen and oxygen atoms in total. The lowest BCUT2D eigenvalue weighted by molar-refractivity contribution is -0.139. The van der Waals surface area contributed by atoms with E-state index in [-0.39, 0.29) is 37.5 Å². The van der Waals surface area contributed by atoms with Gasteiger partial charge in [-0.1, -0.05) is 18.2 Å². The molecule has 0 spiro atoms. The van der Waals surface area contributed by atoms with Crippen molar-refractivity contribution in [1.82, 2.24) is 10.2 Å². The topological polar surface area (TPSA) is 82.8 Å². The number of hydrogen-bond donors (Lipinski definition) is 2. The lowest BCUT2D eigenvalue weighted by Gasteiger charge is -2.19. The summed E-state index contributed by atoms with van der Waals surface area (Å²) in [5, 5.41) is 12.6. The van der Waals surface area contributed by atoms with Crippen LogP contribution < -0.4 is 5.32 Å². The number of carbonyl (C=O) groups is 2.